The number of amides is 1. The monoisotopic (exact) mass is 465 g/mol. The van der Waals surface area contributed by atoms with Crippen LogP contribution < -0.4 is 0 Å². The van der Waals surface area contributed by atoms with Crippen LogP contribution in [0.4, 0.5) is 0 Å². The van der Waals surface area contributed by atoms with Crippen LogP contribution in [0.15, 0.2) is 24.3 Å². The first kappa shape index (κ1) is 22.0. The molecular formula is C24H31N7OS. The van der Waals surface area contributed by atoms with E-state index >= 15 is 0 Å². The van der Waals surface area contributed by atoms with E-state index in [9.17, 15) is 4.79 Å². The number of nitrogens with one attached hydrogen (secondary N) is 1. The van der Waals surface area contributed by atoms with Gasteiger partial charge in [0.1, 0.15) is 11.6 Å². The van der Waals surface area contributed by atoms with Gasteiger partial charge in [0.25, 0.3) is 0 Å². The number of rotatable bonds is 5. The van der Waals surface area contributed by atoms with Crippen molar-refractivity contribution in [1.29, 1.82) is 0 Å². The number of piperidine rings is 1. The molecule has 1 N–H and O–H groups in total. The lowest BCUT2D eigenvalue weighted by Gasteiger charge is -2.32. The number of fused-ring (bicyclic) bond motifs is 1. The Morgan fingerprint density at radius 3 is 2.82 bits per heavy atom. The van der Waals surface area contributed by atoms with Crippen LogP contribution in [0, 0.1) is 11.7 Å². The van der Waals surface area contributed by atoms with Crippen molar-refractivity contribution in [3.63, 3.8) is 0 Å². The second-order valence-electron chi connectivity index (χ2n) is 9.24. The van der Waals surface area contributed by atoms with Gasteiger partial charge < -0.3 is 9.47 Å². The molecule has 174 valence electrons. The number of hydrogen-bond acceptors (Lipinski definition) is 5. The van der Waals surface area contributed by atoms with Crippen molar-refractivity contribution in [2.75, 3.05) is 13.1 Å². The Morgan fingerprint density at radius 2 is 1.97 bits per heavy atom. The lowest BCUT2D eigenvalue weighted by Crippen LogP contribution is -2.40. The molecule has 0 aliphatic carbocycles. The fourth-order valence-electron chi connectivity index (χ4n) is 5.04. The maximum absolute atomic E-state index is 13.2. The van der Waals surface area contributed by atoms with Crippen molar-refractivity contribution in [3.8, 4) is 11.4 Å². The fraction of sp³-hybridized carbons (Fsp3) is 0.542. The number of aromatic amines is 1. The largest absolute Gasteiger partial charge is 0.342 e. The smallest absolute Gasteiger partial charge is 0.224 e. The third kappa shape index (κ3) is 4.64. The van der Waals surface area contributed by atoms with E-state index < -0.39 is 0 Å². The van der Waals surface area contributed by atoms with Crippen LogP contribution in [0.5, 0.6) is 0 Å². The third-order valence-corrected chi connectivity index (χ3v) is 7.21. The second-order valence-corrected chi connectivity index (χ2v) is 9.62. The first-order valence-corrected chi connectivity index (χ1v) is 12.4. The molecule has 1 saturated heterocycles. The van der Waals surface area contributed by atoms with E-state index in [0.717, 1.165) is 61.9 Å². The molecule has 2 aliphatic heterocycles. The minimum atomic E-state index is 0.160. The van der Waals surface area contributed by atoms with Crippen molar-refractivity contribution in [3.05, 3.63) is 46.2 Å². The summed E-state index contributed by atoms with van der Waals surface area (Å²) in [5.41, 5.74) is 2.18. The molecule has 1 aromatic carbocycles. The Hall–Kier alpha value is -2.81. The molecule has 1 unspecified atom stereocenters. The standard InChI is InChI=1S/C24H31N7OS/c1-17-8-10-18(11-9-17)22-27-28-24(33)31(22)15-12-21(32)29-13-5-6-19(16-29)23-26-25-20-7-3-2-4-14-30(20)23/h8-11,19H,2-7,12-16H2,1H3,(H,28,33). The van der Waals surface area contributed by atoms with Crippen LogP contribution in [-0.4, -0.2) is 53.4 Å². The molecule has 4 heterocycles. The maximum atomic E-state index is 13.2. The summed E-state index contributed by atoms with van der Waals surface area (Å²) in [5.74, 6) is 3.39. The highest BCUT2D eigenvalue weighted by Gasteiger charge is 2.29. The molecule has 9 heteroatoms. The lowest BCUT2D eigenvalue weighted by molar-refractivity contribution is -0.132. The number of carbonyl (C=O) groups is 1. The number of aryl methyl sites for hydroxylation is 2. The molecule has 0 bridgehead atoms. The van der Waals surface area contributed by atoms with Gasteiger partial charge in [-0.1, -0.05) is 36.2 Å². The zero-order valence-electron chi connectivity index (χ0n) is 19.2. The van der Waals surface area contributed by atoms with Gasteiger partial charge in [-0.05, 0) is 44.8 Å². The Balaban J connectivity index is 1.26. The van der Waals surface area contributed by atoms with E-state index in [2.05, 4.69) is 44.0 Å². The van der Waals surface area contributed by atoms with E-state index in [4.69, 9.17) is 12.2 Å². The number of nitrogens with zero attached hydrogens (tertiary/aromatic N) is 6. The third-order valence-electron chi connectivity index (χ3n) is 6.89. The van der Waals surface area contributed by atoms with E-state index in [0.29, 0.717) is 17.7 Å². The van der Waals surface area contributed by atoms with Crippen LogP contribution in [0.1, 0.15) is 61.7 Å². The highest BCUT2D eigenvalue weighted by molar-refractivity contribution is 7.71. The first-order valence-electron chi connectivity index (χ1n) is 12.0. The molecule has 0 spiro atoms. The van der Waals surface area contributed by atoms with Gasteiger partial charge in [-0.3, -0.25) is 14.5 Å². The Kier molecular flexibility index (Phi) is 6.39. The van der Waals surface area contributed by atoms with Crippen molar-refractivity contribution >= 4 is 18.1 Å². The lowest BCUT2D eigenvalue weighted by atomic mass is 9.96. The molecule has 0 saturated carbocycles. The summed E-state index contributed by atoms with van der Waals surface area (Å²) in [4.78, 5) is 15.2. The summed E-state index contributed by atoms with van der Waals surface area (Å²) in [6.07, 6.45) is 7.09. The summed E-state index contributed by atoms with van der Waals surface area (Å²) in [7, 11) is 0. The highest BCUT2D eigenvalue weighted by Crippen LogP contribution is 2.28. The van der Waals surface area contributed by atoms with Crippen molar-refractivity contribution in [2.45, 2.75) is 70.9 Å². The quantitative estimate of drug-likeness (QED) is 0.575. The van der Waals surface area contributed by atoms with E-state index in [1.165, 1.54) is 24.8 Å². The molecule has 0 radical (unpaired) electrons. The zero-order valence-corrected chi connectivity index (χ0v) is 20.0. The topological polar surface area (TPSA) is 84.6 Å². The molecular weight excluding hydrogens is 434 g/mol. The van der Waals surface area contributed by atoms with Crippen LogP contribution in [0.25, 0.3) is 11.4 Å². The van der Waals surface area contributed by atoms with Gasteiger partial charge in [-0.15, -0.1) is 10.2 Å². The van der Waals surface area contributed by atoms with Gasteiger partial charge in [0.2, 0.25) is 5.91 Å². The average Bonchev–Trinajstić information content (AvgIpc) is 3.32. The van der Waals surface area contributed by atoms with Crippen LogP contribution >= 0.6 is 12.2 Å². The normalized spacial score (nSPS) is 18.7. The minimum Gasteiger partial charge on any atom is -0.342 e. The fourth-order valence-corrected chi connectivity index (χ4v) is 5.26. The summed E-state index contributed by atoms with van der Waals surface area (Å²) in [5, 5.41) is 16.3. The van der Waals surface area contributed by atoms with Crippen LogP contribution in [0.3, 0.4) is 0 Å². The van der Waals surface area contributed by atoms with E-state index in [-0.39, 0.29) is 11.8 Å². The van der Waals surface area contributed by atoms with Crippen LogP contribution in [0.2, 0.25) is 0 Å². The minimum absolute atomic E-state index is 0.160. The Labute approximate surface area is 199 Å². The maximum Gasteiger partial charge on any atom is 0.224 e. The molecule has 5 rings (SSSR count). The molecule has 8 nitrogen and oxygen atoms in total. The predicted molar refractivity (Wildman–Crippen MR) is 128 cm³/mol. The summed E-state index contributed by atoms with van der Waals surface area (Å²) in [6, 6.07) is 8.19. The van der Waals surface area contributed by atoms with Crippen molar-refractivity contribution in [1.82, 2.24) is 34.4 Å². The van der Waals surface area contributed by atoms with Gasteiger partial charge in [0, 0.05) is 50.5 Å². The number of likely N-dealkylation sites (tertiary alicyclic amines) is 1. The summed E-state index contributed by atoms with van der Waals surface area (Å²) >= 11 is 5.45. The molecule has 2 aromatic heterocycles. The first-order chi connectivity index (χ1) is 16.1. The molecule has 33 heavy (non-hydrogen) atoms. The van der Waals surface area contributed by atoms with Gasteiger partial charge in [-0.25, -0.2) is 0 Å². The van der Waals surface area contributed by atoms with Gasteiger partial charge in [0.15, 0.2) is 10.6 Å². The number of carbonyl (C=O) groups excluding carboxylic acids is 1. The van der Waals surface area contributed by atoms with Gasteiger partial charge >= 0.3 is 0 Å². The Morgan fingerprint density at radius 1 is 1.12 bits per heavy atom. The van der Waals surface area contributed by atoms with Crippen LogP contribution in [-0.2, 0) is 24.3 Å². The van der Waals surface area contributed by atoms with E-state index in [1.807, 2.05) is 21.6 Å². The van der Waals surface area contributed by atoms with Gasteiger partial charge in [-0.2, -0.15) is 5.10 Å². The molecule has 2 aliphatic rings. The highest BCUT2D eigenvalue weighted by atomic mass is 32.1. The second kappa shape index (κ2) is 9.59. The number of aromatic nitrogens is 6. The number of hydrogen-bond donors (Lipinski definition) is 1. The number of benzene rings is 1. The zero-order chi connectivity index (χ0) is 22.8. The average molecular weight is 466 g/mol. The molecule has 3 aromatic rings. The van der Waals surface area contributed by atoms with Crippen molar-refractivity contribution < 1.29 is 4.79 Å². The van der Waals surface area contributed by atoms with E-state index in [1.54, 1.807) is 0 Å². The Bertz CT molecular complexity index is 1180. The molecule has 1 fully saturated rings. The summed E-state index contributed by atoms with van der Waals surface area (Å²) < 4.78 is 4.79. The predicted octanol–water partition coefficient (Wildman–Crippen LogP) is 4.03. The molecule has 1 amide bonds. The molecule has 1 atom stereocenters. The number of H-pyrrole nitrogens is 1. The SMILES string of the molecule is Cc1ccc(-c2n[nH]c(=S)n2CCC(=O)N2CCCC(c3nnc4n3CCCCC4)C2)cc1. The van der Waals surface area contributed by atoms with Crippen molar-refractivity contribution in [2.24, 2.45) is 0 Å². The van der Waals surface area contributed by atoms with Gasteiger partial charge in [0.05, 0.1) is 0 Å². The summed E-state index contributed by atoms with van der Waals surface area (Å²) in [6.45, 7) is 5.10.